The first-order valence-electron chi connectivity index (χ1n) is 6.28. The fourth-order valence-electron chi connectivity index (χ4n) is 2.15. The van der Waals surface area contributed by atoms with E-state index in [0.717, 1.165) is 49.7 Å². The van der Waals surface area contributed by atoms with Gasteiger partial charge in [-0.15, -0.1) is 0 Å². The Balaban J connectivity index is 2.07. The summed E-state index contributed by atoms with van der Waals surface area (Å²) in [4.78, 5) is 21.5. The van der Waals surface area contributed by atoms with Crippen LogP contribution in [0.3, 0.4) is 0 Å². The second-order valence-electron chi connectivity index (χ2n) is 4.32. The smallest absolute Gasteiger partial charge is 0.255 e. The normalized spacial score (nSPS) is 14.3. The molecule has 1 aromatic rings. The van der Waals surface area contributed by atoms with Gasteiger partial charge in [-0.25, -0.2) is 4.98 Å². The molecule has 0 amide bonds. The summed E-state index contributed by atoms with van der Waals surface area (Å²) in [7, 11) is 0. The number of nitrogens with one attached hydrogen (secondary N) is 2. The lowest BCUT2D eigenvalue weighted by molar-refractivity contribution is 0.305. The lowest BCUT2D eigenvalue weighted by Gasteiger charge is -2.17. The molecule has 1 aromatic heterocycles. The minimum atomic E-state index is 0.0227. The van der Waals surface area contributed by atoms with Crippen LogP contribution in [0.2, 0.25) is 0 Å². The highest BCUT2D eigenvalue weighted by Gasteiger charge is 2.16. The van der Waals surface area contributed by atoms with E-state index in [0.29, 0.717) is 6.54 Å². The lowest BCUT2D eigenvalue weighted by Crippen LogP contribution is -2.27. The van der Waals surface area contributed by atoms with Crippen molar-refractivity contribution in [1.82, 2.24) is 20.2 Å². The van der Waals surface area contributed by atoms with Crippen LogP contribution in [0.25, 0.3) is 0 Å². The Labute approximate surface area is 101 Å². The van der Waals surface area contributed by atoms with Crippen molar-refractivity contribution >= 4 is 0 Å². The Hall–Kier alpha value is -1.20. The second-order valence-corrected chi connectivity index (χ2v) is 4.32. The molecule has 0 saturated heterocycles. The molecule has 0 spiro atoms. The molecule has 0 radical (unpaired) electrons. The zero-order valence-electron chi connectivity index (χ0n) is 10.5. The molecule has 0 aliphatic carbocycles. The van der Waals surface area contributed by atoms with Gasteiger partial charge in [-0.3, -0.25) is 4.79 Å². The molecule has 94 valence electrons. The minimum Gasteiger partial charge on any atom is -0.310 e. The fraction of sp³-hybridized carbons (Fsp3) is 0.667. The summed E-state index contributed by atoms with van der Waals surface area (Å²) >= 11 is 0. The molecule has 0 fully saturated rings. The maximum absolute atomic E-state index is 11.8. The Morgan fingerprint density at radius 1 is 1.29 bits per heavy atom. The van der Waals surface area contributed by atoms with Gasteiger partial charge in [0.15, 0.2) is 0 Å². The molecule has 0 saturated carbocycles. The van der Waals surface area contributed by atoms with E-state index in [1.807, 2.05) is 0 Å². The van der Waals surface area contributed by atoms with E-state index in [4.69, 9.17) is 0 Å². The van der Waals surface area contributed by atoms with Crippen molar-refractivity contribution in [3.05, 3.63) is 27.4 Å². The van der Waals surface area contributed by atoms with Gasteiger partial charge in [0, 0.05) is 26.1 Å². The molecule has 17 heavy (non-hydrogen) atoms. The van der Waals surface area contributed by atoms with Crippen molar-refractivity contribution in [2.45, 2.75) is 33.4 Å². The number of aromatic nitrogens is 2. The third-order valence-electron chi connectivity index (χ3n) is 3.30. The van der Waals surface area contributed by atoms with Crippen molar-refractivity contribution in [2.75, 3.05) is 19.6 Å². The van der Waals surface area contributed by atoms with Gasteiger partial charge in [0.05, 0.1) is 11.3 Å². The largest absolute Gasteiger partial charge is 0.310 e. The molecular formula is C12H20N4O. The highest BCUT2D eigenvalue weighted by Crippen LogP contribution is 2.07. The summed E-state index contributed by atoms with van der Waals surface area (Å²) in [6.07, 6.45) is 0.810. The van der Waals surface area contributed by atoms with Crippen molar-refractivity contribution in [3.8, 4) is 0 Å². The van der Waals surface area contributed by atoms with E-state index in [1.54, 1.807) is 0 Å². The maximum Gasteiger partial charge on any atom is 0.255 e. The summed E-state index contributed by atoms with van der Waals surface area (Å²) in [5.74, 6) is 0.810. The van der Waals surface area contributed by atoms with E-state index in [9.17, 15) is 4.79 Å². The van der Waals surface area contributed by atoms with Crippen molar-refractivity contribution in [2.24, 2.45) is 0 Å². The van der Waals surface area contributed by atoms with Gasteiger partial charge in [-0.1, -0.05) is 13.8 Å². The van der Waals surface area contributed by atoms with Crippen LogP contribution < -0.4 is 10.9 Å². The van der Waals surface area contributed by atoms with Gasteiger partial charge in [0.1, 0.15) is 5.82 Å². The van der Waals surface area contributed by atoms with Gasteiger partial charge in [0.25, 0.3) is 5.56 Å². The predicted octanol–water partition coefficient (Wildman–Crippen LogP) is 0.257. The lowest BCUT2D eigenvalue weighted by atomic mass is 10.2. The van der Waals surface area contributed by atoms with Gasteiger partial charge >= 0.3 is 0 Å². The van der Waals surface area contributed by atoms with Crippen LogP contribution in [0.1, 0.15) is 30.9 Å². The number of likely N-dealkylation sites (N-methyl/N-ethyl adjacent to an activating group) is 1. The standard InChI is InChI=1S/C12H20N4O/c1-3-16(4-2)6-5-11-14-10-8-13-7-9(10)12(17)15-11/h13H,3-8H2,1-2H3,(H,14,15,17). The predicted molar refractivity (Wildman–Crippen MR) is 66.9 cm³/mol. The highest BCUT2D eigenvalue weighted by molar-refractivity contribution is 5.21. The van der Waals surface area contributed by atoms with Crippen LogP contribution in [0.4, 0.5) is 0 Å². The molecule has 5 nitrogen and oxygen atoms in total. The molecule has 2 heterocycles. The molecular weight excluding hydrogens is 216 g/mol. The molecule has 1 aliphatic heterocycles. The Kier molecular flexibility index (Phi) is 3.91. The zero-order valence-corrected chi connectivity index (χ0v) is 10.5. The fourth-order valence-corrected chi connectivity index (χ4v) is 2.15. The number of hydrogen-bond acceptors (Lipinski definition) is 4. The SMILES string of the molecule is CCN(CC)CCc1nc2c(c(=O)[nH]1)CNC2. The Morgan fingerprint density at radius 2 is 2.06 bits per heavy atom. The Morgan fingerprint density at radius 3 is 2.76 bits per heavy atom. The summed E-state index contributed by atoms with van der Waals surface area (Å²) < 4.78 is 0. The zero-order chi connectivity index (χ0) is 12.3. The summed E-state index contributed by atoms with van der Waals surface area (Å²) in [6.45, 7) is 8.67. The summed E-state index contributed by atoms with van der Waals surface area (Å²) in [5.41, 5.74) is 1.74. The third kappa shape index (κ3) is 2.73. The van der Waals surface area contributed by atoms with Crippen LogP contribution in [-0.4, -0.2) is 34.5 Å². The van der Waals surface area contributed by atoms with E-state index < -0.39 is 0 Å². The summed E-state index contributed by atoms with van der Waals surface area (Å²) in [6, 6.07) is 0. The quantitative estimate of drug-likeness (QED) is 0.770. The number of aromatic amines is 1. The Bertz CT molecular complexity index is 437. The molecule has 1 aliphatic rings. The third-order valence-corrected chi connectivity index (χ3v) is 3.30. The van der Waals surface area contributed by atoms with Crippen molar-refractivity contribution in [1.29, 1.82) is 0 Å². The molecule has 2 N–H and O–H groups in total. The highest BCUT2D eigenvalue weighted by atomic mass is 16.1. The first kappa shape index (κ1) is 12.3. The first-order chi connectivity index (χ1) is 8.24. The van der Waals surface area contributed by atoms with E-state index in [-0.39, 0.29) is 5.56 Å². The van der Waals surface area contributed by atoms with E-state index >= 15 is 0 Å². The van der Waals surface area contributed by atoms with Crippen LogP contribution in [0, 0.1) is 0 Å². The summed E-state index contributed by atoms with van der Waals surface area (Å²) in [5, 5.41) is 3.15. The number of rotatable bonds is 5. The molecule has 0 unspecified atom stereocenters. The van der Waals surface area contributed by atoms with Crippen LogP contribution >= 0.6 is 0 Å². The van der Waals surface area contributed by atoms with Crippen molar-refractivity contribution < 1.29 is 0 Å². The van der Waals surface area contributed by atoms with Crippen molar-refractivity contribution in [3.63, 3.8) is 0 Å². The second kappa shape index (κ2) is 5.42. The average Bonchev–Trinajstić information content (AvgIpc) is 2.79. The molecule has 0 bridgehead atoms. The van der Waals surface area contributed by atoms with E-state index in [1.165, 1.54) is 0 Å². The van der Waals surface area contributed by atoms with Gasteiger partial charge < -0.3 is 15.2 Å². The monoisotopic (exact) mass is 236 g/mol. The molecule has 2 rings (SSSR count). The number of H-pyrrole nitrogens is 1. The van der Waals surface area contributed by atoms with Gasteiger partial charge in [-0.05, 0) is 13.1 Å². The first-order valence-corrected chi connectivity index (χ1v) is 6.28. The molecule has 5 heteroatoms. The van der Waals surface area contributed by atoms with E-state index in [2.05, 4.69) is 34.0 Å². The van der Waals surface area contributed by atoms with Crippen LogP contribution in [0.5, 0.6) is 0 Å². The molecule has 0 atom stereocenters. The number of nitrogens with zero attached hydrogens (tertiary/aromatic N) is 2. The van der Waals surface area contributed by atoms with Gasteiger partial charge in [0.2, 0.25) is 0 Å². The van der Waals surface area contributed by atoms with Crippen LogP contribution in [0.15, 0.2) is 4.79 Å². The van der Waals surface area contributed by atoms with Gasteiger partial charge in [-0.2, -0.15) is 0 Å². The number of fused-ring (bicyclic) bond motifs is 1. The minimum absolute atomic E-state index is 0.0227. The topological polar surface area (TPSA) is 61.0 Å². The number of hydrogen-bond donors (Lipinski definition) is 2. The van der Waals surface area contributed by atoms with Crippen LogP contribution in [-0.2, 0) is 19.5 Å². The average molecular weight is 236 g/mol. The molecule has 0 aromatic carbocycles. The maximum atomic E-state index is 11.8.